The van der Waals surface area contributed by atoms with Crippen LogP contribution in [-0.4, -0.2) is 26.8 Å². The second-order valence-corrected chi connectivity index (χ2v) is 7.19. The van der Waals surface area contributed by atoms with Crippen LogP contribution < -0.4 is 16.2 Å². The molecule has 10 heteroatoms. The third-order valence-electron chi connectivity index (χ3n) is 4.82. The van der Waals surface area contributed by atoms with E-state index < -0.39 is 29.0 Å². The molecule has 0 aliphatic heterocycles. The number of carbonyl (C=O) groups excluding carboxylic acids is 2. The maximum absolute atomic E-state index is 13.7. The summed E-state index contributed by atoms with van der Waals surface area (Å²) in [5, 5.41) is 3.08. The molecule has 0 unspecified atom stereocenters. The van der Waals surface area contributed by atoms with Gasteiger partial charge in [-0.3, -0.25) is 25.4 Å². The van der Waals surface area contributed by atoms with E-state index in [0.717, 1.165) is 29.3 Å². The Hall–Kier alpha value is -4.73. The van der Waals surface area contributed by atoms with E-state index in [1.54, 1.807) is 48.9 Å². The van der Waals surface area contributed by atoms with Crippen LogP contribution in [0.1, 0.15) is 26.3 Å². The molecule has 34 heavy (non-hydrogen) atoms. The van der Waals surface area contributed by atoms with Crippen molar-refractivity contribution in [3.63, 3.8) is 0 Å². The van der Waals surface area contributed by atoms with E-state index in [4.69, 9.17) is 0 Å². The molecule has 2 aromatic carbocycles. The molecule has 2 aromatic heterocycles. The van der Waals surface area contributed by atoms with Gasteiger partial charge < -0.3 is 5.32 Å². The molecular formula is C24H18F2N6O2. The van der Waals surface area contributed by atoms with Crippen LogP contribution in [-0.2, 0) is 0 Å². The fourth-order valence-corrected chi connectivity index (χ4v) is 3.04. The molecule has 170 valence electrons. The van der Waals surface area contributed by atoms with Crippen molar-refractivity contribution in [3.05, 3.63) is 102 Å². The normalized spacial score (nSPS) is 10.4. The molecule has 0 radical (unpaired) electrons. The summed E-state index contributed by atoms with van der Waals surface area (Å²) >= 11 is 0. The first kappa shape index (κ1) is 22.5. The number of pyridine rings is 1. The maximum Gasteiger partial charge on any atom is 0.272 e. The highest BCUT2D eigenvalue weighted by atomic mass is 19.1. The van der Waals surface area contributed by atoms with E-state index in [9.17, 15) is 18.4 Å². The number of hydrogen-bond donors (Lipinski definition) is 3. The van der Waals surface area contributed by atoms with Crippen molar-refractivity contribution in [1.29, 1.82) is 0 Å². The molecule has 0 aliphatic carbocycles. The molecule has 0 atom stereocenters. The molecule has 8 nitrogen and oxygen atoms in total. The Morgan fingerprint density at radius 2 is 1.74 bits per heavy atom. The summed E-state index contributed by atoms with van der Waals surface area (Å²) in [6.45, 7) is 1.84. The number of nitrogens with one attached hydrogen (secondary N) is 3. The predicted molar refractivity (Wildman–Crippen MR) is 121 cm³/mol. The average Bonchev–Trinajstić information content (AvgIpc) is 2.86. The number of anilines is 2. The zero-order valence-electron chi connectivity index (χ0n) is 17.8. The lowest BCUT2D eigenvalue weighted by Crippen LogP contribution is -2.42. The van der Waals surface area contributed by atoms with Gasteiger partial charge in [-0.1, -0.05) is 6.07 Å². The zero-order chi connectivity index (χ0) is 24.1. The van der Waals surface area contributed by atoms with E-state index in [1.165, 1.54) is 0 Å². The van der Waals surface area contributed by atoms with Gasteiger partial charge in [-0.05, 0) is 61.0 Å². The Bertz CT molecular complexity index is 1360. The van der Waals surface area contributed by atoms with Crippen LogP contribution in [0, 0.1) is 18.6 Å². The van der Waals surface area contributed by atoms with Crippen LogP contribution in [0.3, 0.4) is 0 Å². The van der Waals surface area contributed by atoms with Crippen LogP contribution in [0.4, 0.5) is 20.4 Å². The quantitative estimate of drug-likeness (QED) is 0.389. The lowest BCUT2D eigenvalue weighted by Gasteiger charge is -2.12. The van der Waals surface area contributed by atoms with Gasteiger partial charge in [-0.2, -0.15) is 0 Å². The number of halogens is 2. The largest absolute Gasteiger partial charge is 0.324 e. The third-order valence-corrected chi connectivity index (χ3v) is 4.82. The lowest BCUT2D eigenvalue weighted by atomic mass is 10.1. The second-order valence-electron chi connectivity index (χ2n) is 7.19. The standard InChI is InChI=1S/C24H18F2N6O2/c1-14-4-5-15(22(33)31-32-23(34)18-12-17(25)6-7-19(18)26)11-21(14)30-24-28-10-8-20(29-24)16-3-2-9-27-13-16/h2-13H,1H3,(H,31,33)(H,32,34)(H,28,29,30). The first-order valence-electron chi connectivity index (χ1n) is 10.1. The Morgan fingerprint density at radius 1 is 0.912 bits per heavy atom. The molecule has 0 aliphatic rings. The predicted octanol–water partition coefficient (Wildman–Crippen LogP) is 3.94. The van der Waals surface area contributed by atoms with Gasteiger partial charge in [0, 0.05) is 35.4 Å². The van der Waals surface area contributed by atoms with Crippen molar-refractivity contribution in [2.24, 2.45) is 0 Å². The molecule has 0 fully saturated rings. The Kier molecular flexibility index (Phi) is 6.49. The van der Waals surface area contributed by atoms with Gasteiger partial charge in [0.2, 0.25) is 5.95 Å². The fourth-order valence-electron chi connectivity index (χ4n) is 3.04. The minimum Gasteiger partial charge on any atom is -0.324 e. The fraction of sp³-hybridized carbons (Fsp3) is 0.0417. The SMILES string of the molecule is Cc1ccc(C(=O)NNC(=O)c2cc(F)ccc2F)cc1Nc1nccc(-c2cccnc2)n1. The summed E-state index contributed by atoms with van der Waals surface area (Å²) in [5.41, 5.74) is 6.82. The molecule has 0 saturated carbocycles. The average molecular weight is 460 g/mol. The molecule has 2 heterocycles. The molecule has 2 amide bonds. The van der Waals surface area contributed by atoms with E-state index in [2.05, 4.69) is 31.1 Å². The second kappa shape index (κ2) is 9.82. The molecule has 3 N–H and O–H groups in total. The van der Waals surface area contributed by atoms with E-state index in [1.807, 2.05) is 13.0 Å². The molecular weight excluding hydrogens is 442 g/mol. The minimum absolute atomic E-state index is 0.205. The van der Waals surface area contributed by atoms with Crippen molar-refractivity contribution in [2.45, 2.75) is 6.92 Å². The number of aryl methyl sites for hydroxylation is 1. The van der Waals surface area contributed by atoms with Gasteiger partial charge in [0.25, 0.3) is 11.8 Å². The Labute approximate surface area is 193 Å². The van der Waals surface area contributed by atoms with Gasteiger partial charge in [0.05, 0.1) is 11.3 Å². The Balaban J connectivity index is 1.47. The minimum atomic E-state index is -0.989. The molecule has 4 rings (SSSR count). The number of rotatable bonds is 5. The molecule has 0 saturated heterocycles. The zero-order valence-corrected chi connectivity index (χ0v) is 17.8. The topological polar surface area (TPSA) is 109 Å². The number of hydrogen-bond acceptors (Lipinski definition) is 6. The number of carbonyl (C=O) groups is 2. The van der Waals surface area contributed by atoms with Crippen molar-refractivity contribution in [3.8, 4) is 11.3 Å². The van der Waals surface area contributed by atoms with E-state index in [-0.39, 0.29) is 5.56 Å². The number of hydrazine groups is 1. The van der Waals surface area contributed by atoms with Crippen LogP contribution in [0.25, 0.3) is 11.3 Å². The number of nitrogens with zero attached hydrogens (tertiary/aromatic N) is 3. The van der Waals surface area contributed by atoms with Crippen molar-refractivity contribution in [1.82, 2.24) is 25.8 Å². The van der Waals surface area contributed by atoms with Crippen molar-refractivity contribution in [2.75, 3.05) is 5.32 Å². The summed E-state index contributed by atoms with van der Waals surface area (Å²) in [6.07, 6.45) is 4.96. The summed E-state index contributed by atoms with van der Waals surface area (Å²) in [4.78, 5) is 37.4. The highest BCUT2D eigenvalue weighted by Crippen LogP contribution is 2.22. The molecule has 4 aromatic rings. The van der Waals surface area contributed by atoms with Gasteiger partial charge in [-0.15, -0.1) is 0 Å². The first-order chi connectivity index (χ1) is 16.4. The molecule has 0 bridgehead atoms. The Morgan fingerprint density at radius 3 is 2.53 bits per heavy atom. The smallest absolute Gasteiger partial charge is 0.272 e. The van der Waals surface area contributed by atoms with E-state index in [0.29, 0.717) is 17.3 Å². The molecule has 0 spiro atoms. The van der Waals surface area contributed by atoms with Crippen LogP contribution >= 0.6 is 0 Å². The number of benzene rings is 2. The number of amides is 2. The summed E-state index contributed by atoms with van der Waals surface area (Å²) < 4.78 is 27.0. The number of aromatic nitrogens is 3. The van der Waals surface area contributed by atoms with Gasteiger partial charge >= 0.3 is 0 Å². The highest BCUT2D eigenvalue weighted by Gasteiger charge is 2.15. The first-order valence-corrected chi connectivity index (χ1v) is 10.1. The van der Waals surface area contributed by atoms with Crippen LogP contribution in [0.15, 0.2) is 73.2 Å². The maximum atomic E-state index is 13.7. The lowest BCUT2D eigenvalue weighted by molar-refractivity contribution is 0.0844. The summed E-state index contributed by atoms with van der Waals surface area (Å²) in [7, 11) is 0. The van der Waals surface area contributed by atoms with Crippen molar-refractivity contribution < 1.29 is 18.4 Å². The summed E-state index contributed by atoms with van der Waals surface area (Å²) in [6, 6.07) is 12.7. The van der Waals surface area contributed by atoms with Gasteiger partial charge in [0.1, 0.15) is 11.6 Å². The van der Waals surface area contributed by atoms with Crippen LogP contribution in [0.2, 0.25) is 0 Å². The van der Waals surface area contributed by atoms with Crippen molar-refractivity contribution >= 4 is 23.5 Å². The third kappa shape index (κ3) is 5.18. The van der Waals surface area contributed by atoms with E-state index >= 15 is 0 Å². The van der Waals surface area contributed by atoms with Gasteiger partial charge in [0.15, 0.2) is 0 Å². The van der Waals surface area contributed by atoms with Gasteiger partial charge in [-0.25, -0.2) is 18.7 Å². The summed E-state index contributed by atoms with van der Waals surface area (Å²) in [5.74, 6) is -3.02. The van der Waals surface area contributed by atoms with Crippen LogP contribution in [0.5, 0.6) is 0 Å². The monoisotopic (exact) mass is 460 g/mol. The highest BCUT2D eigenvalue weighted by molar-refractivity contribution is 5.99.